The first-order valence-corrected chi connectivity index (χ1v) is 4.65. The van der Waals surface area contributed by atoms with Crippen molar-refractivity contribution in [3.05, 3.63) is 11.1 Å². The second-order valence-corrected chi connectivity index (χ2v) is 4.02. The summed E-state index contributed by atoms with van der Waals surface area (Å²) in [5, 5.41) is 0.706. The molecule has 0 saturated carbocycles. The Hall–Kier alpha value is -0.830. The Morgan fingerprint density at radius 1 is 1.38 bits per heavy atom. The number of fused-ring (bicyclic) bond motifs is 1. The molecule has 0 unspecified atom stereocenters. The number of rotatable bonds is 0. The van der Waals surface area contributed by atoms with Gasteiger partial charge in [-0.3, -0.25) is 14.5 Å². The summed E-state index contributed by atoms with van der Waals surface area (Å²) in [4.78, 5) is 24.2. The zero-order chi connectivity index (χ0) is 9.59. The van der Waals surface area contributed by atoms with E-state index in [0.29, 0.717) is 17.9 Å². The molecule has 2 atom stereocenters. The molecule has 0 aromatic rings. The van der Waals surface area contributed by atoms with Gasteiger partial charge in [-0.1, -0.05) is 17.7 Å². The molecule has 4 heteroatoms. The molecule has 0 aromatic carbocycles. The maximum atomic E-state index is 11.5. The summed E-state index contributed by atoms with van der Waals surface area (Å²) >= 11 is 5.82. The number of imide groups is 1. The first-order chi connectivity index (χ1) is 6.11. The molecule has 1 heterocycles. The fraction of sp³-hybridized carbons (Fsp3) is 0.556. The van der Waals surface area contributed by atoms with Crippen LogP contribution in [0.2, 0.25) is 0 Å². The van der Waals surface area contributed by atoms with Crippen LogP contribution in [0.15, 0.2) is 11.1 Å². The highest BCUT2D eigenvalue weighted by Crippen LogP contribution is 2.37. The summed E-state index contributed by atoms with van der Waals surface area (Å²) < 4.78 is 0. The van der Waals surface area contributed by atoms with Crippen LogP contribution in [0.3, 0.4) is 0 Å². The highest BCUT2D eigenvalue weighted by molar-refractivity contribution is 6.30. The number of hydrogen-bond acceptors (Lipinski definition) is 2. The standard InChI is InChI=1S/C9H10ClNO2/c1-11-8(12)6-3-2-5(10)4-7(6)9(11)13/h2,6-7H,3-4H2,1H3/t6-,7+/m0/s1. The van der Waals surface area contributed by atoms with Gasteiger partial charge in [0.05, 0.1) is 11.8 Å². The summed E-state index contributed by atoms with van der Waals surface area (Å²) in [5.74, 6) is -0.494. The van der Waals surface area contributed by atoms with E-state index in [4.69, 9.17) is 11.6 Å². The van der Waals surface area contributed by atoms with Gasteiger partial charge in [-0.2, -0.15) is 0 Å². The van der Waals surface area contributed by atoms with Gasteiger partial charge in [0.1, 0.15) is 0 Å². The van der Waals surface area contributed by atoms with E-state index in [-0.39, 0.29) is 23.7 Å². The third-order valence-corrected chi connectivity index (χ3v) is 3.10. The predicted molar refractivity (Wildman–Crippen MR) is 47.9 cm³/mol. The maximum absolute atomic E-state index is 11.5. The predicted octanol–water partition coefficient (Wildman–Crippen LogP) is 1.13. The minimum absolute atomic E-state index is 0.0598. The van der Waals surface area contributed by atoms with Gasteiger partial charge in [0.15, 0.2) is 0 Å². The van der Waals surface area contributed by atoms with Crippen LogP contribution in [-0.2, 0) is 9.59 Å². The number of allylic oxidation sites excluding steroid dienone is 2. The average molecular weight is 200 g/mol. The SMILES string of the molecule is CN1C(=O)[C@H]2CC=C(Cl)C[C@H]2C1=O. The summed E-state index contributed by atoms with van der Waals surface area (Å²) in [6.45, 7) is 0. The number of halogens is 1. The second-order valence-electron chi connectivity index (χ2n) is 3.54. The van der Waals surface area contributed by atoms with Crippen LogP contribution in [0.1, 0.15) is 12.8 Å². The lowest BCUT2D eigenvalue weighted by atomic mass is 9.85. The van der Waals surface area contributed by atoms with E-state index in [1.54, 1.807) is 0 Å². The molecule has 0 spiro atoms. The Morgan fingerprint density at radius 3 is 2.69 bits per heavy atom. The monoisotopic (exact) mass is 199 g/mol. The molecule has 0 bridgehead atoms. The molecule has 3 nitrogen and oxygen atoms in total. The molecule has 70 valence electrons. The van der Waals surface area contributed by atoms with Crippen LogP contribution in [0, 0.1) is 11.8 Å². The smallest absolute Gasteiger partial charge is 0.233 e. The van der Waals surface area contributed by atoms with Gasteiger partial charge in [0.25, 0.3) is 0 Å². The van der Waals surface area contributed by atoms with E-state index in [1.165, 1.54) is 11.9 Å². The molecule has 0 N–H and O–H groups in total. The molecular formula is C9H10ClNO2. The van der Waals surface area contributed by atoms with Gasteiger partial charge < -0.3 is 0 Å². The maximum Gasteiger partial charge on any atom is 0.233 e. The average Bonchev–Trinajstić information content (AvgIpc) is 2.32. The van der Waals surface area contributed by atoms with Crippen molar-refractivity contribution in [3.63, 3.8) is 0 Å². The fourth-order valence-electron chi connectivity index (χ4n) is 1.99. The van der Waals surface area contributed by atoms with Crippen molar-refractivity contribution in [1.29, 1.82) is 0 Å². The number of carbonyl (C=O) groups is 2. The van der Waals surface area contributed by atoms with Crippen LogP contribution < -0.4 is 0 Å². The molecule has 1 aliphatic heterocycles. The highest BCUT2D eigenvalue weighted by Gasteiger charge is 2.46. The van der Waals surface area contributed by atoms with Crippen LogP contribution >= 0.6 is 11.6 Å². The van der Waals surface area contributed by atoms with Crippen LogP contribution in [0.4, 0.5) is 0 Å². The molecule has 2 rings (SSSR count). The summed E-state index contributed by atoms with van der Waals surface area (Å²) in [7, 11) is 1.54. The second kappa shape index (κ2) is 2.84. The van der Waals surface area contributed by atoms with Gasteiger partial charge in [-0.15, -0.1) is 0 Å². The number of amides is 2. The Morgan fingerprint density at radius 2 is 2.00 bits per heavy atom. The molecule has 13 heavy (non-hydrogen) atoms. The zero-order valence-electron chi connectivity index (χ0n) is 7.29. The molecular weight excluding hydrogens is 190 g/mol. The molecule has 0 aromatic heterocycles. The third-order valence-electron chi connectivity index (χ3n) is 2.79. The number of nitrogens with zero attached hydrogens (tertiary/aromatic N) is 1. The Balaban J connectivity index is 2.30. The van der Waals surface area contributed by atoms with Crippen LogP contribution in [0.25, 0.3) is 0 Å². The Kier molecular flexibility index (Phi) is 1.91. The summed E-state index contributed by atoms with van der Waals surface area (Å²) in [5.41, 5.74) is 0. The van der Waals surface area contributed by atoms with E-state index in [2.05, 4.69) is 0 Å². The van der Waals surface area contributed by atoms with Crippen molar-refractivity contribution in [2.24, 2.45) is 11.8 Å². The third kappa shape index (κ3) is 1.18. The minimum atomic E-state index is -0.199. The first-order valence-electron chi connectivity index (χ1n) is 4.27. The number of likely N-dealkylation sites (tertiary alicyclic amines) is 1. The van der Waals surface area contributed by atoms with Crippen molar-refractivity contribution in [2.45, 2.75) is 12.8 Å². The van der Waals surface area contributed by atoms with Crippen LogP contribution in [-0.4, -0.2) is 23.8 Å². The van der Waals surface area contributed by atoms with Gasteiger partial charge in [0, 0.05) is 12.1 Å². The summed E-state index contributed by atoms with van der Waals surface area (Å²) in [6.07, 6.45) is 2.98. The van der Waals surface area contributed by atoms with E-state index in [9.17, 15) is 9.59 Å². The largest absolute Gasteiger partial charge is 0.285 e. The summed E-state index contributed by atoms with van der Waals surface area (Å²) in [6, 6.07) is 0. The van der Waals surface area contributed by atoms with E-state index in [1.807, 2.05) is 6.08 Å². The van der Waals surface area contributed by atoms with Crippen LogP contribution in [0.5, 0.6) is 0 Å². The van der Waals surface area contributed by atoms with Crippen molar-refractivity contribution in [3.8, 4) is 0 Å². The van der Waals surface area contributed by atoms with E-state index >= 15 is 0 Å². The normalized spacial score (nSPS) is 33.4. The topological polar surface area (TPSA) is 37.4 Å². The first kappa shape index (κ1) is 8.75. The zero-order valence-corrected chi connectivity index (χ0v) is 8.04. The lowest BCUT2D eigenvalue weighted by Gasteiger charge is -2.17. The van der Waals surface area contributed by atoms with E-state index in [0.717, 1.165) is 0 Å². The molecule has 2 amide bonds. The minimum Gasteiger partial charge on any atom is -0.285 e. The molecule has 1 aliphatic carbocycles. The molecule has 1 fully saturated rings. The lowest BCUT2D eigenvalue weighted by molar-refractivity contribution is -0.138. The Labute approximate surface area is 81.3 Å². The Bertz CT molecular complexity index is 311. The number of carbonyl (C=O) groups excluding carboxylic acids is 2. The molecule has 1 saturated heterocycles. The van der Waals surface area contributed by atoms with Gasteiger partial charge >= 0.3 is 0 Å². The lowest BCUT2D eigenvalue weighted by Crippen LogP contribution is -2.26. The van der Waals surface area contributed by atoms with Crippen molar-refractivity contribution in [1.82, 2.24) is 4.90 Å². The van der Waals surface area contributed by atoms with E-state index < -0.39 is 0 Å². The highest BCUT2D eigenvalue weighted by atomic mass is 35.5. The van der Waals surface area contributed by atoms with Crippen molar-refractivity contribution >= 4 is 23.4 Å². The molecule has 2 aliphatic rings. The fourth-order valence-corrected chi connectivity index (χ4v) is 2.25. The van der Waals surface area contributed by atoms with Crippen molar-refractivity contribution in [2.75, 3.05) is 7.05 Å². The van der Waals surface area contributed by atoms with Gasteiger partial charge in [-0.05, 0) is 12.8 Å². The number of hydrogen-bond donors (Lipinski definition) is 0. The molecule has 0 radical (unpaired) electrons. The van der Waals surface area contributed by atoms with Gasteiger partial charge in [-0.25, -0.2) is 0 Å². The van der Waals surface area contributed by atoms with Gasteiger partial charge in [0.2, 0.25) is 11.8 Å². The van der Waals surface area contributed by atoms with Crippen molar-refractivity contribution < 1.29 is 9.59 Å². The quantitative estimate of drug-likeness (QED) is 0.549.